The van der Waals surface area contributed by atoms with Crippen molar-refractivity contribution in [2.75, 3.05) is 5.32 Å². The van der Waals surface area contributed by atoms with E-state index in [2.05, 4.69) is 10.0 Å². The Balaban J connectivity index is 2.25. The molecule has 2 rings (SSSR count). The van der Waals surface area contributed by atoms with Gasteiger partial charge in [0.05, 0.1) is 10.6 Å². The van der Waals surface area contributed by atoms with Gasteiger partial charge >= 0.3 is 5.97 Å². The third-order valence-electron chi connectivity index (χ3n) is 3.63. The number of rotatable bonds is 7. The maximum absolute atomic E-state index is 12.4. The summed E-state index contributed by atoms with van der Waals surface area (Å²) in [6, 6.07) is 2.79. The Morgan fingerprint density at radius 3 is 2.79 bits per heavy atom. The molecule has 1 aliphatic heterocycles. The lowest BCUT2D eigenvalue weighted by atomic mass is 10.1. The first-order chi connectivity index (χ1) is 11.2. The highest BCUT2D eigenvalue weighted by atomic mass is 32.2. The molecule has 0 saturated heterocycles. The predicted molar refractivity (Wildman–Crippen MR) is 86.4 cm³/mol. The number of ether oxygens (including phenoxy) is 1. The summed E-state index contributed by atoms with van der Waals surface area (Å²) >= 11 is 0. The van der Waals surface area contributed by atoms with E-state index in [0.29, 0.717) is 12.2 Å². The monoisotopic (exact) mass is 356 g/mol. The van der Waals surface area contributed by atoms with E-state index >= 15 is 0 Å². The molecule has 0 aromatic heterocycles. The molecule has 0 spiro atoms. The van der Waals surface area contributed by atoms with Crippen molar-refractivity contribution in [2.24, 2.45) is 0 Å². The smallest absolute Gasteiger partial charge is 0.321 e. The van der Waals surface area contributed by atoms with Gasteiger partial charge in [0, 0.05) is 0 Å². The van der Waals surface area contributed by atoms with Crippen molar-refractivity contribution in [1.29, 1.82) is 0 Å². The maximum Gasteiger partial charge on any atom is 0.321 e. The summed E-state index contributed by atoms with van der Waals surface area (Å²) < 4.78 is 32.4. The third-order valence-corrected chi connectivity index (χ3v) is 5.10. The fourth-order valence-electron chi connectivity index (χ4n) is 2.25. The molecule has 24 heavy (non-hydrogen) atoms. The average Bonchev–Trinajstić information content (AvgIpc) is 2.51. The van der Waals surface area contributed by atoms with Crippen LogP contribution in [0.3, 0.4) is 0 Å². The molecule has 2 atom stereocenters. The molecular formula is C15H20N2O6S. The van der Waals surface area contributed by atoms with Gasteiger partial charge in [0.1, 0.15) is 11.8 Å². The largest absolute Gasteiger partial charge is 0.480 e. The number of sulfonamides is 1. The Morgan fingerprint density at radius 1 is 1.46 bits per heavy atom. The van der Waals surface area contributed by atoms with Crippen molar-refractivity contribution in [3.8, 4) is 5.75 Å². The van der Waals surface area contributed by atoms with Crippen LogP contribution in [0.1, 0.15) is 33.1 Å². The van der Waals surface area contributed by atoms with Crippen LogP contribution in [0, 0.1) is 0 Å². The third kappa shape index (κ3) is 4.04. The molecule has 1 heterocycles. The highest BCUT2D eigenvalue weighted by Crippen LogP contribution is 2.31. The number of carbonyl (C=O) groups is 2. The number of carboxylic acid groups (broad SMARTS) is 1. The summed E-state index contributed by atoms with van der Waals surface area (Å²) in [5, 5.41) is 11.7. The molecule has 132 valence electrons. The number of unbranched alkanes of at least 4 members (excludes halogenated alkanes) is 1. The van der Waals surface area contributed by atoms with Gasteiger partial charge in [-0.1, -0.05) is 19.8 Å². The maximum atomic E-state index is 12.4. The summed E-state index contributed by atoms with van der Waals surface area (Å²) in [5.74, 6) is -1.24. The molecule has 3 N–H and O–H groups in total. The quantitative estimate of drug-likeness (QED) is 0.677. The van der Waals surface area contributed by atoms with Crippen molar-refractivity contribution in [3.63, 3.8) is 0 Å². The number of anilines is 1. The molecule has 0 bridgehead atoms. The summed E-state index contributed by atoms with van der Waals surface area (Å²) in [6.45, 7) is 3.47. The topological polar surface area (TPSA) is 122 Å². The predicted octanol–water partition coefficient (Wildman–Crippen LogP) is 1.33. The molecule has 1 aromatic rings. The van der Waals surface area contributed by atoms with Crippen LogP contribution in [0.5, 0.6) is 5.75 Å². The second kappa shape index (κ2) is 7.18. The van der Waals surface area contributed by atoms with Crippen molar-refractivity contribution in [3.05, 3.63) is 18.2 Å². The summed E-state index contributed by atoms with van der Waals surface area (Å²) in [5.41, 5.74) is 0.237. The molecule has 1 aromatic carbocycles. The van der Waals surface area contributed by atoms with Crippen LogP contribution in [-0.2, 0) is 19.6 Å². The van der Waals surface area contributed by atoms with Gasteiger partial charge in [-0.05, 0) is 31.5 Å². The highest BCUT2D eigenvalue weighted by Gasteiger charge is 2.28. The van der Waals surface area contributed by atoms with Crippen molar-refractivity contribution in [1.82, 2.24) is 4.72 Å². The van der Waals surface area contributed by atoms with Gasteiger partial charge in [0.15, 0.2) is 6.10 Å². The SMILES string of the molecule is CCCC[C@H](NS(=O)(=O)c1ccc2c(c1)NC(=O)[C@@H](C)O2)C(=O)O. The van der Waals surface area contributed by atoms with E-state index in [-0.39, 0.29) is 22.9 Å². The van der Waals surface area contributed by atoms with E-state index in [4.69, 9.17) is 9.84 Å². The normalized spacial score (nSPS) is 18.2. The fourth-order valence-corrected chi connectivity index (χ4v) is 3.50. The van der Waals surface area contributed by atoms with E-state index < -0.39 is 28.1 Å². The molecule has 0 saturated carbocycles. The number of carboxylic acids is 1. The van der Waals surface area contributed by atoms with Gasteiger partial charge in [-0.3, -0.25) is 9.59 Å². The Kier molecular flexibility index (Phi) is 5.45. The minimum Gasteiger partial charge on any atom is -0.480 e. The van der Waals surface area contributed by atoms with Gasteiger partial charge in [-0.15, -0.1) is 0 Å². The summed E-state index contributed by atoms with van der Waals surface area (Å²) in [6.07, 6.45) is 0.883. The number of hydrogen-bond donors (Lipinski definition) is 3. The van der Waals surface area contributed by atoms with Gasteiger partial charge in [-0.25, -0.2) is 8.42 Å². The molecule has 1 aliphatic rings. The van der Waals surface area contributed by atoms with Crippen molar-refractivity contribution < 1.29 is 27.9 Å². The molecule has 0 radical (unpaired) electrons. The second-order valence-corrected chi connectivity index (χ2v) is 7.28. The van der Waals surface area contributed by atoms with Crippen LogP contribution >= 0.6 is 0 Å². The number of fused-ring (bicyclic) bond motifs is 1. The molecule has 1 amide bonds. The van der Waals surface area contributed by atoms with Gasteiger partial charge < -0.3 is 15.2 Å². The molecule has 8 nitrogen and oxygen atoms in total. The Morgan fingerprint density at radius 2 is 2.17 bits per heavy atom. The minimum atomic E-state index is -4.04. The lowest BCUT2D eigenvalue weighted by molar-refractivity contribution is -0.139. The number of amides is 1. The zero-order valence-corrected chi connectivity index (χ0v) is 14.2. The second-order valence-electron chi connectivity index (χ2n) is 5.56. The fraction of sp³-hybridized carbons (Fsp3) is 0.467. The van der Waals surface area contributed by atoms with Gasteiger partial charge in [-0.2, -0.15) is 4.72 Å². The molecular weight excluding hydrogens is 336 g/mol. The lowest BCUT2D eigenvalue weighted by Gasteiger charge is -2.24. The molecule has 0 unspecified atom stereocenters. The van der Waals surface area contributed by atoms with Crippen molar-refractivity contribution >= 4 is 27.6 Å². The first-order valence-corrected chi connectivity index (χ1v) is 9.09. The van der Waals surface area contributed by atoms with Crippen LogP contribution in [0.2, 0.25) is 0 Å². The zero-order valence-electron chi connectivity index (χ0n) is 13.4. The molecule has 0 aliphatic carbocycles. The van der Waals surface area contributed by atoms with Crippen molar-refractivity contribution in [2.45, 2.75) is 50.2 Å². The van der Waals surface area contributed by atoms with Crippen LogP contribution in [0.15, 0.2) is 23.1 Å². The minimum absolute atomic E-state index is 0.137. The number of carbonyl (C=O) groups excluding carboxylic acids is 1. The van der Waals surface area contributed by atoms with E-state index in [1.807, 2.05) is 6.92 Å². The number of benzene rings is 1. The van der Waals surface area contributed by atoms with Gasteiger partial charge in [0.25, 0.3) is 5.91 Å². The van der Waals surface area contributed by atoms with E-state index in [1.165, 1.54) is 18.2 Å². The summed E-state index contributed by atoms with van der Waals surface area (Å²) in [7, 11) is -4.04. The Labute approximate surface area is 140 Å². The number of hydrogen-bond acceptors (Lipinski definition) is 5. The van der Waals surface area contributed by atoms with E-state index in [1.54, 1.807) is 6.92 Å². The van der Waals surface area contributed by atoms with E-state index in [0.717, 1.165) is 6.42 Å². The first kappa shape index (κ1) is 18.2. The van der Waals surface area contributed by atoms with Gasteiger partial charge in [0.2, 0.25) is 10.0 Å². The molecule has 0 fully saturated rings. The lowest BCUT2D eigenvalue weighted by Crippen LogP contribution is -2.40. The number of aliphatic carboxylic acids is 1. The summed E-state index contributed by atoms with van der Waals surface area (Å²) in [4.78, 5) is 22.7. The van der Waals surface area contributed by atoms with Crippen LogP contribution in [0.4, 0.5) is 5.69 Å². The Hall–Kier alpha value is -2.13. The first-order valence-electron chi connectivity index (χ1n) is 7.61. The average molecular weight is 356 g/mol. The van der Waals surface area contributed by atoms with Crippen LogP contribution in [-0.4, -0.2) is 37.5 Å². The highest BCUT2D eigenvalue weighted by molar-refractivity contribution is 7.89. The zero-order chi connectivity index (χ0) is 17.9. The van der Waals surface area contributed by atoms with E-state index in [9.17, 15) is 18.0 Å². The number of nitrogens with one attached hydrogen (secondary N) is 2. The van der Waals surface area contributed by atoms with Crippen LogP contribution < -0.4 is 14.8 Å². The van der Waals surface area contributed by atoms with Crippen LogP contribution in [0.25, 0.3) is 0 Å². The standard InChI is InChI=1S/C15H20N2O6S/c1-3-4-5-11(15(19)20)17-24(21,22)10-6-7-13-12(8-10)16-14(18)9(2)23-13/h6-9,11,17H,3-5H2,1-2H3,(H,16,18)(H,19,20)/t9-,11+/m1/s1. The molecule has 9 heteroatoms. The Bertz CT molecular complexity index is 746.